The third kappa shape index (κ3) is 2.72. The molecular formula is C12H16N2OS. The second-order valence-corrected chi connectivity index (χ2v) is 4.66. The zero-order chi connectivity index (χ0) is 11.4. The predicted octanol–water partition coefficient (Wildman–Crippen LogP) is 2.79. The second-order valence-electron chi connectivity index (χ2n) is 3.88. The number of furan rings is 1. The first-order valence-electron chi connectivity index (χ1n) is 5.32. The summed E-state index contributed by atoms with van der Waals surface area (Å²) >= 11 is 1.73. The molecule has 0 amide bonds. The molecule has 3 N–H and O–H groups in total. The molecule has 2 aromatic rings. The summed E-state index contributed by atoms with van der Waals surface area (Å²) in [6.07, 6.45) is 3.78. The Morgan fingerprint density at radius 3 is 3.00 bits per heavy atom. The normalized spacial score (nSPS) is 12.9. The summed E-state index contributed by atoms with van der Waals surface area (Å²) in [4.78, 5) is 0. The number of hydrogen-bond acceptors (Lipinski definition) is 4. The first-order valence-corrected chi connectivity index (χ1v) is 6.26. The third-order valence-electron chi connectivity index (χ3n) is 2.66. The minimum absolute atomic E-state index is 0.164. The summed E-state index contributed by atoms with van der Waals surface area (Å²) in [7, 11) is 0. The Kier molecular flexibility index (Phi) is 3.77. The molecule has 2 aromatic heterocycles. The van der Waals surface area contributed by atoms with Gasteiger partial charge in [0.1, 0.15) is 5.76 Å². The van der Waals surface area contributed by atoms with E-state index in [-0.39, 0.29) is 6.04 Å². The molecule has 0 saturated carbocycles. The fourth-order valence-corrected chi connectivity index (χ4v) is 2.44. The summed E-state index contributed by atoms with van der Waals surface area (Å²) in [5, 5.41) is 4.27. The quantitative estimate of drug-likeness (QED) is 0.620. The standard InChI is InChI=1S/C12H16N2OS/c1-9-6-11(7-15-9)12(14-13)3-2-10-4-5-16-8-10/h4-8,12,14H,2-3,13H2,1H3. The molecule has 16 heavy (non-hydrogen) atoms. The summed E-state index contributed by atoms with van der Waals surface area (Å²) in [5.74, 6) is 6.49. The molecule has 0 bridgehead atoms. The Morgan fingerprint density at radius 2 is 2.44 bits per heavy atom. The van der Waals surface area contributed by atoms with Crippen LogP contribution in [0, 0.1) is 6.92 Å². The maximum Gasteiger partial charge on any atom is 0.101 e. The summed E-state index contributed by atoms with van der Waals surface area (Å²) in [6.45, 7) is 1.94. The van der Waals surface area contributed by atoms with Gasteiger partial charge in [0.25, 0.3) is 0 Å². The van der Waals surface area contributed by atoms with Crippen molar-refractivity contribution >= 4 is 11.3 Å². The summed E-state index contributed by atoms with van der Waals surface area (Å²) in [6, 6.07) is 4.34. The van der Waals surface area contributed by atoms with Crippen molar-refractivity contribution in [1.82, 2.24) is 5.43 Å². The zero-order valence-electron chi connectivity index (χ0n) is 9.27. The number of nitrogens with two attached hydrogens (primary N) is 1. The molecule has 0 aliphatic rings. The number of aryl methyl sites for hydroxylation is 2. The summed E-state index contributed by atoms with van der Waals surface area (Å²) < 4.78 is 5.29. The Hall–Kier alpha value is -1.10. The largest absolute Gasteiger partial charge is 0.469 e. The molecule has 0 radical (unpaired) electrons. The van der Waals surface area contributed by atoms with Crippen molar-refractivity contribution in [1.29, 1.82) is 0 Å². The van der Waals surface area contributed by atoms with Gasteiger partial charge >= 0.3 is 0 Å². The third-order valence-corrected chi connectivity index (χ3v) is 3.39. The van der Waals surface area contributed by atoms with Crippen LogP contribution in [0.2, 0.25) is 0 Å². The van der Waals surface area contributed by atoms with E-state index < -0.39 is 0 Å². The van der Waals surface area contributed by atoms with Crippen molar-refractivity contribution in [3.8, 4) is 0 Å². The van der Waals surface area contributed by atoms with Gasteiger partial charge in [-0.25, -0.2) is 0 Å². The van der Waals surface area contributed by atoms with Gasteiger partial charge in [-0.3, -0.25) is 11.3 Å². The lowest BCUT2D eigenvalue weighted by atomic mass is 10.0. The first-order chi connectivity index (χ1) is 7.79. The highest BCUT2D eigenvalue weighted by atomic mass is 32.1. The van der Waals surface area contributed by atoms with Gasteiger partial charge in [0.15, 0.2) is 0 Å². The van der Waals surface area contributed by atoms with Crippen LogP contribution in [0.25, 0.3) is 0 Å². The number of rotatable bonds is 5. The number of hydrogen-bond donors (Lipinski definition) is 2. The van der Waals surface area contributed by atoms with Gasteiger partial charge in [-0.2, -0.15) is 11.3 Å². The molecule has 0 spiro atoms. The number of nitrogens with one attached hydrogen (secondary N) is 1. The highest BCUT2D eigenvalue weighted by Gasteiger charge is 2.12. The van der Waals surface area contributed by atoms with E-state index in [1.165, 1.54) is 5.56 Å². The van der Waals surface area contributed by atoms with Crippen LogP contribution in [0.4, 0.5) is 0 Å². The fourth-order valence-electron chi connectivity index (χ4n) is 1.74. The van der Waals surface area contributed by atoms with Gasteiger partial charge < -0.3 is 4.42 Å². The molecule has 2 heterocycles. The van der Waals surface area contributed by atoms with E-state index in [2.05, 4.69) is 22.3 Å². The average Bonchev–Trinajstić information content (AvgIpc) is 2.91. The second kappa shape index (κ2) is 5.30. The van der Waals surface area contributed by atoms with Crippen molar-refractivity contribution < 1.29 is 4.42 Å². The lowest BCUT2D eigenvalue weighted by Gasteiger charge is -2.13. The van der Waals surface area contributed by atoms with E-state index in [9.17, 15) is 0 Å². The molecule has 1 unspecified atom stereocenters. The molecule has 4 heteroatoms. The van der Waals surface area contributed by atoms with Crippen LogP contribution in [0.5, 0.6) is 0 Å². The zero-order valence-corrected chi connectivity index (χ0v) is 10.1. The van der Waals surface area contributed by atoms with Gasteiger partial charge in [-0.05, 0) is 48.2 Å². The van der Waals surface area contributed by atoms with Crippen LogP contribution in [-0.4, -0.2) is 0 Å². The number of hydrazine groups is 1. The molecule has 3 nitrogen and oxygen atoms in total. The van der Waals surface area contributed by atoms with Crippen molar-refractivity contribution in [3.63, 3.8) is 0 Å². The SMILES string of the molecule is Cc1cc(C(CCc2ccsc2)NN)co1. The lowest BCUT2D eigenvalue weighted by Crippen LogP contribution is -2.28. The van der Waals surface area contributed by atoms with Crippen LogP contribution < -0.4 is 11.3 Å². The monoisotopic (exact) mass is 236 g/mol. The molecule has 0 aliphatic carbocycles. The fraction of sp³-hybridized carbons (Fsp3) is 0.333. The van der Waals surface area contributed by atoms with Crippen LogP contribution >= 0.6 is 11.3 Å². The lowest BCUT2D eigenvalue weighted by molar-refractivity contribution is 0.495. The summed E-state index contributed by atoms with van der Waals surface area (Å²) in [5.41, 5.74) is 5.32. The van der Waals surface area contributed by atoms with Gasteiger partial charge in [0, 0.05) is 11.6 Å². The smallest absolute Gasteiger partial charge is 0.101 e. The maximum absolute atomic E-state index is 5.56. The van der Waals surface area contributed by atoms with Gasteiger partial charge in [-0.15, -0.1) is 0 Å². The van der Waals surface area contributed by atoms with Gasteiger partial charge in [0.2, 0.25) is 0 Å². The van der Waals surface area contributed by atoms with E-state index in [0.29, 0.717) is 0 Å². The Bertz CT molecular complexity index is 422. The molecule has 86 valence electrons. The topological polar surface area (TPSA) is 51.2 Å². The molecule has 1 atom stereocenters. The Balaban J connectivity index is 1.96. The van der Waals surface area contributed by atoms with E-state index in [4.69, 9.17) is 10.3 Å². The van der Waals surface area contributed by atoms with Gasteiger partial charge in [-0.1, -0.05) is 0 Å². The van der Waals surface area contributed by atoms with Crippen molar-refractivity contribution in [3.05, 3.63) is 46.0 Å². The molecule has 2 rings (SSSR count). The van der Waals surface area contributed by atoms with E-state index in [1.54, 1.807) is 17.6 Å². The van der Waals surface area contributed by atoms with Crippen LogP contribution in [0.3, 0.4) is 0 Å². The first kappa shape index (κ1) is 11.4. The number of thiophene rings is 1. The Labute approximate surface area is 99.2 Å². The average molecular weight is 236 g/mol. The molecule has 0 saturated heterocycles. The van der Waals surface area contributed by atoms with E-state index in [0.717, 1.165) is 24.2 Å². The van der Waals surface area contributed by atoms with E-state index >= 15 is 0 Å². The molecule has 0 aliphatic heterocycles. The van der Waals surface area contributed by atoms with Crippen molar-refractivity contribution in [2.75, 3.05) is 0 Å². The van der Waals surface area contributed by atoms with Gasteiger partial charge in [0.05, 0.1) is 6.26 Å². The molecule has 0 fully saturated rings. The minimum atomic E-state index is 0.164. The van der Waals surface area contributed by atoms with Crippen molar-refractivity contribution in [2.45, 2.75) is 25.8 Å². The Morgan fingerprint density at radius 1 is 1.56 bits per heavy atom. The van der Waals surface area contributed by atoms with E-state index in [1.807, 2.05) is 13.0 Å². The molecular weight excluding hydrogens is 220 g/mol. The minimum Gasteiger partial charge on any atom is -0.469 e. The highest BCUT2D eigenvalue weighted by Crippen LogP contribution is 2.21. The predicted molar refractivity (Wildman–Crippen MR) is 66.1 cm³/mol. The van der Waals surface area contributed by atoms with Crippen LogP contribution in [-0.2, 0) is 6.42 Å². The van der Waals surface area contributed by atoms with Crippen LogP contribution in [0.15, 0.2) is 33.6 Å². The van der Waals surface area contributed by atoms with Crippen molar-refractivity contribution in [2.24, 2.45) is 5.84 Å². The highest BCUT2D eigenvalue weighted by molar-refractivity contribution is 7.07. The van der Waals surface area contributed by atoms with Crippen LogP contribution in [0.1, 0.15) is 29.3 Å². The molecule has 0 aromatic carbocycles. The maximum atomic E-state index is 5.56.